The zero-order chi connectivity index (χ0) is 20.1. The molecule has 0 fully saturated rings. The SMILES string of the molecule is CCOC(=O)c1c(NC(=O)c2ccccc2Cl)sc(C(=O)NC(C)C)c1C. The minimum Gasteiger partial charge on any atom is -0.462 e. The summed E-state index contributed by atoms with van der Waals surface area (Å²) in [5.74, 6) is -1.37. The van der Waals surface area contributed by atoms with E-state index in [2.05, 4.69) is 10.6 Å². The van der Waals surface area contributed by atoms with Gasteiger partial charge in [-0.15, -0.1) is 11.3 Å². The first-order chi connectivity index (χ1) is 12.8. The summed E-state index contributed by atoms with van der Waals surface area (Å²) in [4.78, 5) is 37.8. The minimum atomic E-state index is -0.593. The van der Waals surface area contributed by atoms with Crippen molar-refractivity contribution in [3.05, 3.63) is 50.9 Å². The second-order valence-electron chi connectivity index (χ2n) is 6.04. The molecule has 1 aromatic heterocycles. The van der Waals surface area contributed by atoms with Crippen LogP contribution in [0.25, 0.3) is 0 Å². The van der Waals surface area contributed by atoms with Gasteiger partial charge in [0, 0.05) is 6.04 Å². The molecule has 6 nitrogen and oxygen atoms in total. The van der Waals surface area contributed by atoms with E-state index in [0.717, 1.165) is 11.3 Å². The molecule has 2 rings (SSSR count). The summed E-state index contributed by atoms with van der Waals surface area (Å²) in [7, 11) is 0. The molecule has 0 atom stereocenters. The van der Waals surface area contributed by atoms with Crippen molar-refractivity contribution in [2.75, 3.05) is 11.9 Å². The van der Waals surface area contributed by atoms with E-state index >= 15 is 0 Å². The Balaban J connectivity index is 2.44. The number of anilines is 1. The average Bonchev–Trinajstić information content (AvgIpc) is 2.91. The van der Waals surface area contributed by atoms with Gasteiger partial charge in [-0.3, -0.25) is 9.59 Å². The fraction of sp³-hybridized carbons (Fsp3) is 0.316. The van der Waals surface area contributed by atoms with Gasteiger partial charge in [0.05, 0.1) is 27.6 Å². The molecule has 1 heterocycles. The van der Waals surface area contributed by atoms with Crippen LogP contribution in [0.2, 0.25) is 5.02 Å². The molecule has 0 unspecified atom stereocenters. The van der Waals surface area contributed by atoms with Crippen molar-refractivity contribution in [3.8, 4) is 0 Å². The number of ether oxygens (including phenoxy) is 1. The lowest BCUT2D eigenvalue weighted by Crippen LogP contribution is -2.29. The van der Waals surface area contributed by atoms with Gasteiger partial charge in [0.25, 0.3) is 11.8 Å². The van der Waals surface area contributed by atoms with Crippen LogP contribution in [0.5, 0.6) is 0 Å². The van der Waals surface area contributed by atoms with E-state index in [1.54, 1.807) is 38.1 Å². The van der Waals surface area contributed by atoms with Gasteiger partial charge in [-0.05, 0) is 45.4 Å². The lowest BCUT2D eigenvalue weighted by molar-refractivity contribution is 0.0527. The number of esters is 1. The highest BCUT2D eigenvalue weighted by Crippen LogP contribution is 2.34. The number of hydrogen-bond acceptors (Lipinski definition) is 5. The molecule has 8 heteroatoms. The van der Waals surface area contributed by atoms with Gasteiger partial charge < -0.3 is 15.4 Å². The fourth-order valence-corrected chi connectivity index (χ4v) is 3.73. The van der Waals surface area contributed by atoms with Gasteiger partial charge in [0.2, 0.25) is 0 Å². The Bertz CT molecular complexity index is 877. The average molecular weight is 409 g/mol. The monoisotopic (exact) mass is 408 g/mol. The number of benzene rings is 1. The second-order valence-corrected chi connectivity index (χ2v) is 7.47. The summed E-state index contributed by atoms with van der Waals surface area (Å²) < 4.78 is 5.09. The fourth-order valence-electron chi connectivity index (χ4n) is 2.41. The topological polar surface area (TPSA) is 84.5 Å². The molecule has 0 saturated carbocycles. The number of rotatable bonds is 6. The quantitative estimate of drug-likeness (QED) is 0.699. The van der Waals surface area contributed by atoms with E-state index in [0.29, 0.717) is 15.5 Å². The molecule has 144 valence electrons. The molecule has 27 heavy (non-hydrogen) atoms. The maximum absolute atomic E-state index is 12.6. The molecule has 0 spiro atoms. The first-order valence-electron chi connectivity index (χ1n) is 8.43. The minimum absolute atomic E-state index is 0.0637. The van der Waals surface area contributed by atoms with Gasteiger partial charge in [-0.25, -0.2) is 4.79 Å². The van der Waals surface area contributed by atoms with E-state index in [4.69, 9.17) is 16.3 Å². The van der Waals surface area contributed by atoms with E-state index in [1.807, 2.05) is 13.8 Å². The summed E-state index contributed by atoms with van der Waals surface area (Å²) in [5, 5.41) is 6.03. The first kappa shape index (κ1) is 20.9. The smallest absolute Gasteiger partial charge is 0.341 e. The summed E-state index contributed by atoms with van der Waals surface area (Å²) in [6.45, 7) is 7.21. The number of carbonyl (C=O) groups excluding carboxylic acids is 3. The Morgan fingerprint density at radius 2 is 1.85 bits per heavy atom. The normalized spacial score (nSPS) is 10.6. The van der Waals surface area contributed by atoms with Gasteiger partial charge >= 0.3 is 5.97 Å². The molecular formula is C19H21ClN2O4S. The van der Waals surface area contributed by atoms with Crippen LogP contribution < -0.4 is 10.6 Å². The lowest BCUT2D eigenvalue weighted by Gasteiger charge is -2.08. The number of thiophene rings is 1. The Morgan fingerprint density at radius 3 is 2.44 bits per heavy atom. The molecule has 2 amide bonds. The number of hydrogen-bond donors (Lipinski definition) is 2. The maximum Gasteiger partial charge on any atom is 0.341 e. The summed E-state index contributed by atoms with van der Waals surface area (Å²) in [6.07, 6.45) is 0. The van der Waals surface area contributed by atoms with Crippen LogP contribution in [0.4, 0.5) is 5.00 Å². The van der Waals surface area contributed by atoms with Crippen molar-refractivity contribution < 1.29 is 19.1 Å². The van der Waals surface area contributed by atoms with Crippen LogP contribution in [0.3, 0.4) is 0 Å². The van der Waals surface area contributed by atoms with E-state index in [1.165, 1.54) is 0 Å². The Kier molecular flexibility index (Phi) is 6.98. The molecule has 2 aromatic rings. The molecule has 0 aliphatic heterocycles. The molecule has 0 bridgehead atoms. The van der Waals surface area contributed by atoms with Crippen molar-refractivity contribution >= 4 is 45.7 Å². The van der Waals surface area contributed by atoms with Gasteiger partial charge in [0.15, 0.2) is 0 Å². The van der Waals surface area contributed by atoms with Gasteiger partial charge in [-0.2, -0.15) is 0 Å². The zero-order valence-electron chi connectivity index (χ0n) is 15.5. The molecule has 1 aromatic carbocycles. The zero-order valence-corrected chi connectivity index (χ0v) is 17.1. The van der Waals surface area contributed by atoms with Crippen LogP contribution in [0.1, 0.15) is 56.7 Å². The van der Waals surface area contributed by atoms with Crippen molar-refractivity contribution in [2.24, 2.45) is 0 Å². The van der Waals surface area contributed by atoms with Crippen LogP contribution in [-0.2, 0) is 4.74 Å². The predicted molar refractivity (Wildman–Crippen MR) is 107 cm³/mol. The third-order valence-corrected chi connectivity index (χ3v) is 5.13. The van der Waals surface area contributed by atoms with Gasteiger partial charge in [0.1, 0.15) is 5.00 Å². The van der Waals surface area contributed by atoms with Crippen LogP contribution >= 0.6 is 22.9 Å². The number of halogens is 1. The highest BCUT2D eigenvalue weighted by molar-refractivity contribution is 7.18. The van der Waals surface area contributed by atoms with Crippen molar-refractivity contribution in [1.29, 1.82) is 0 Å². The van der Waals surface area contributed by atoms with E-state index in [9.17, 15) is 14.4 Å². The predicted octanol–water partition coefficient (Wildman–Crippen LogP) is 4.28. The van der Waals surface area contributed by atoms with Crippen molar-refractivity contribution in [2.45, 2.75) is 33.7 Å². The van der Waals surface area contributed by atoms with E-state index < -0.39 is 11.9 Å². The summed E-state index contributed by atoms with van der Waals surface area (Å²) in [6, 6.07) is 6.52. The Morgan fingerprint density at radius 1 is 1.19 bits per heavy atom. The lowest BCUT2D eigenvalue weighted by atomic mass is 10.1. The number of amides is 2. The highest BCUT2D eigenvalue weighted by Gasteiger charge is 2.27. The standard InChI is InChI=1S/C19H21ClN2O4S/c1-5-26-19(25)14-11(4)15(17(24)21-10(2)3)27-18(14)22-16(23)12-8-6-7-9-13(12)20/h6-10H,5H2,1-4H3,(H,21,24)(H,22,23). The van der Waals surface area contributed by atoms with Crippen LogP contribution in [0, 0.1) is 6.92 Å². The number of nitrogens with one attached hydrogen (secondary N) is 2. The van der Waals surface area contributed by atoms with Crippen LogP contribution in [0.15, 0.2) is 24.3 Å². The highest BCUT2D eigenvalue weighted by atomic mass is 35.5. The number of carbonyl (C=O) groups is 3. The summed E-state index contributed by atoms with van der Waals surface area (Å²) >= 11 is 7.10. The Labute approximate surface area is 166 Å². The third-order valence-electron chi connectivity index (χ3n) is 3.60. The van der Waals surface area contributed by atoms with Crippen LogP contribution in [-0.4, -0.2) is 30.4 Å². The second kappa shape index (κ2) is 9.01. The molecule has 0 aliphatic rings. The molecule has 2 N–H and O–H groups in total. The molecule has 0 aliphatic carbocycles. The van der Waals surface area contributed by atoms with Gasteiger partial charge in [-0.1, -0.05) is 23.7 Å². The van der Waals surface area contributed by atoms with Crippen molar-refractivity contribution in [1.82, 2.24) is 5.32 Å². The maximum atomic E-state index is 12.6. The first-order valence-corrected chi connectivity index (χ1v) is 9.62. The van der Waals surface area contributed by atoms with Crippen molar-refractivity contribution in [3.63, 3.8) is 0 Å². The third kappa shape index (κ3) is 4.87. The largest absolute Gasteiger partial charge is 0.462 e. The van der Waals surface area contributed by atoms with E-state index in [-0.39, 0.29) is 34.7 Å². The summed E-state index contributed by atoms with van der Waals surface area (Å²) in [5.41, 5.74) is 0.912. The molecule has 0 saturated heterocycles. The molecular weight excluding hydrogens is 388 g/mol. The molecule has 0 radical (unpaired) electrons. The Hall–Kier alpha value is -2.38.